The van der Waals surface area contributed by atoms with Crippen molar-refractivity contribution in [2.45, 2.75) is 31.9 Å². The summed E-state index contributed by atoms with van der Waals surface area (Å²) in [5, 5.41) is 0. The summed E-state index contributed by atoms with van der Waals surface area (Å²) >= 11 is 0. The molecule has 0 spiro atoms. The first-order valence-corrected chi connectivity index (χ1v) is 10.0. The highest BCUT2D eigenvalue weighted by molar-refractivity contribution is 5.34. The number of alkyl halides is 3. The zero-order chi connectivity index (χ0) is 21.1. The Balaban J connectivity index is 1.43. The van der Waals surface area contributed by atoms with Crippen molar-refractivity contribution >= 4 is 0 Å². The van der Waals surface area contributed by atoms with E-state index in [-0.39, 0.29) is 24.3 Å². The van der Waals surface area contributed by atoms with Gasteiger partial charge in [0.25, 0.3) is 0 Å². The van der Waals surface area contributed by atoms with Crippen molar-refractivity contribution in [3.05, 3.63) is 107 Å². The van der Waals surface area contributed by atoms with Gasteiger partial charge in [0.1, 0.15) is 0 Å². The summed E-state index contributed by atoms with van der Waals surface area (Å²) in [6.07, 6.45) is -4.45. The van der Waals surface area contributed by atoms with Gasteiger partial charge < -0.3 is 4.74 Å². The lowest BCUT2D eigenvalue weighted by Crippen LogP contribution is -2.53. The van der Waals surface area contributed by atoms with Crippen molar-refractivity contribution in [1.82, 2.24) is 4.90 Å². The van der Waals surface area contributed by atoms with Crippen LogP contribution < -0.4 is 0 Å². The molecule has 0 bridgehead atoms. The minimum atomic E-state index is -4.37. The maximum absolute atomic E-state index is 13.3. The van der Waals surface area contributed by atoms with E-state index < -0.39 is 11.7 Å². The predicted octanol–water partition coefficient (Wildman–Crippen LogP) is 6.00. The Kier molecular flexibility index (Phi) is 5.93. The van der Waals surface area contributed by atoms with Gasteiger partial charge in [0.15, 0.2) is 0 Å². The number of hydrogen-bond donors (Lipinski definition) is 0. The number of benzene rings is 3. The van der Waals surface area contributed by atoms with Gasteiger partial charge in [-0.15, -0.1) is 0 Å². The topological polar surface area (TPSA) is 12.5 Å². The molecule has 2 nitrogen and oxygen atoms in total. The Hall–Kier alpha value is -2.63. The van der Waals surface area contributed by atoms with Crippen LogP contribution in [0.3, 0.4) is 0 Å². The SMILES string of the molecule is Cc1ccc(COC2CN(C(c3ccccc3)c3ccccc3)C2)c(C(F)(F)F)c1. The van der Waals surface area contributed by atoms with Crippen LogP contribution in [0.25, 0.3) is 0 Å². The maximum Gasteiger partial charge on any atom is 0.416 e. The van der Waals surface area contributed by atoms with E-state index in [4.69, 9.17) is 4.74 Å². The second-order valence-corrected chi connectivity index (χ2v) is 7.77. The van der Waals surface area contributed by atoms with Gasteiger partial charge in [-0.2, -0.15) is 13.2 Å². The van der Waals surface area contributed by atoms with E-state index >= 15 is 0 Å². The number of aryl methyl sites for hydroxylation is 1. The fourth-order valence-electron chi connectivity index (χ4n) is 3.96. The third kappa shape index (κ3) is 4.58. The lowest BCUT2D eigenvalue weighted by atomic mass is 9.94. The van der Waals surface area contributed by atoms with Crippen molar-refractivity contribution in [3.8, 4) is 0 Å². The molecule has 0 unspecified atom stereocenters. The molecule has 0 N–H and O–H groups in total. The van der Waals surface area contributed by atoms with Gasteiger partial charge in [-0.3, -0.25) is 4.90 Å². The van der Waals surface area contributed by atoms with E-state index in [1.165, 1.54) is 23.3 Å². The van der Waals surface area contributed by atoms with Crippen LogP contribution in [0, 0.1) is 6.92 Å². The van der Waals surface area contributed by atoms with E-state index in [0.29, 0.717) is 18.7 Å². The van der Waals surface area contributed by atoms with E-state index in [2.05, 4.69) is 29.2 Å². The van der Waals surface area contributed by atoms with Crippen LogP contribution in [0.4, 0.5) is 13.2 Å². The summed E-state index contributed by atoms with van der Waals surface area (Å²) in [6.45, 7) is 3.00. The second kappa shape index (κ2) is 8.62. The smallest absolute Gasteiger partial charge is 0.371 e. The van der Waals surface area contributed by atoms with Crippen LogP contribution in [-0.2, 0) is 17.5 Å². The van der Waals surface area contributed by atoms with Crippen molar-refractivity contribution in [3.63, 3.8) is 0 Å². The van der Waals surface area contributed by atoms with Gasteiger partial charge >= 0.3 is 6.18 Å². The Morgan fingerprint density at radius 1 is 0.900 bits per heavy atom. The molecule has 1 saturated heterocycles. The summed E-state index contributed by atoms with van der Waals surface area (Å²) < 4.78 is 45.8. The normalized spacial score (nSPS) is 15.4. The van der Waals surface area contributed by atoms with Crippen LogP contribution in [0.5, 0.6) is 0 Å². The minimum absolute atomic E-state index is 0.0328. The highest BCUT2D eigenvalue weighted by Crippen LogP contribution is 2.35. The van der Waals surface area contributed by atoms with Gasteiger partial charge in [-0.1, -0.05) is 78.4 Å². The molecule has 0 atom stereocenters. The average Bonchev–Trinajstić information content (AvgIpc) is 2.71. The lowest BCUT2D eigenvalue weighted by Gasteiger charge is -2.44. The molecule has 3 aromatic rings. The van der Waals surface area contributed by atoms with Crippen molar-refractivity contribution in [2.24, 2.45) is 0 Å². The zero-order valence-corrected chi connectivity index (χ0v) is 16.8. The van der Waals surface area contributed by atoms with Crippen LogP contribution in [0.2, 0.25) is 0 Å². The number of rotatable bonds is 6. The van der Waals surface area contributed by atoms with Gasteiger partial charge in [-0.25, -0.2) is 0 Å². The van der Waals surface area contributed by atoms with Gasteiger partial charge in [0.2, 0.25) is 0 Å². The Morgan fingerprint density at radius 2 is 1.47 bits per heavy atom. The lowest BCUT2D eigenvalue weighted by molar-refractivity contribution is -0.140. The van der Waals surface area contributed by atoms with Gasteiger partial charge in [-0.05, 0) is 29.7 Å². The summed E-state index contributed by atoms with van der Waals surface area (Å²) in [5.41, 5.74) is 2.56. The fraction of sp³-hybridized carbons (Fsp3) is 0.280. The van der Waals surface area contributed by atoms with Crippen LogP contribution in [-0.4, -0.2) is 24.1 Å². The monoisotopic (exact) mass is 411 g/mol. The summed E-state index contributed by atoms with van der Waals surface area (Å²) in [7, 11) is 0. The first-order chi connectivity index (χ1) is 14.4. The molecule has 0 amide bonds. The standard InChI is InChI=1S/C25H24F3NO/c1-18-12-13-21(23(14-18)25(26,27)28)17-30-22-15-29(16-22)24(19-8-4-2-5-9-19)20-10-6-3-7-11-20/h2-14,22,24H,15-17H2,1H3. The number of halogens is 3. The van der Waals surface area contributed by atoms with Crippen LogP contribution >= 0.6 is 0 Å². The quantitative estimate of drug-likeness (QED) is 0.493. The molecule has 1 aliphatic heterocycles. The summed E-state index contributed by atoms with van der Waals surface area (Å²) in [4.78, 5) is 2.30. The van der Waals surface area contributed by atoms with Gasteiger partial charge in [0, 0.05) is 13.1 Å². The number of hydrogen-bond acceptors (Lipinski definition) is 2. The molecule has 1 aliphatic rings. The first kappa shape index (κ1) is 20.6. The Morgan fingerprint density at radius 3 is 2.00 bits per heavy atom. The van der Waals surface area contributed by atoms with Crippen molar-refractivity contribution in [1.29, 1.82) is 0 Å². The number of nitrogens with zero attached hydrogens (tertiary/aromatic N) is 1. The Bertz CT molecular complexity index is 927. The molecule has 156 valence electrons. The largest absolute Gasteiger partial charge is 0.416 e. The molecular weight excluding hydrogens is 387 g/mol. The summed E-state index contributed by atoms with van der Waals surface area (Å²) in [5.74, 6) is 0. The molecule has 0 aliphatic carbocycles. The van der Waals surface area contributed by atoms with E-state index in [1.54, 1.807) is 13.0 Å². The molecule has 0 radical (unpaired) electrons. The molecule has 1 heterocycles. The molecule has 30 heavy (non-hydrogen) atoms. The molecule has 5 heteroatoms. The third-order valence-corrected chi connectivity index (χ3v) is 5.52. The Labute approximate surface area is 174 Å². The summed E-state index contributed by atoms with van der Waals surface area (Å²) in [6, 6.07) is 25.0. The number of likely N-dealkylation sites (tertiary alicyclic amines) is 1. The maximum atomic E-state index is 13.3. The average molecular weight is 411 g/mol. The van der Waals surface area contributed by atoms with E-state index in [1.807, 2.05) is 36.4 Å². The van der Waals surface area contributed by atoms with E-state index in [9.17, 15) is 13.2 Å². The third-order valence-electron chi connectivity index (χ3n) is 5.52. The minimum Gasteiger partial charge on any atom is -0.371 e. The van der Waals surface area contributed by atoms with Crippen molar-refractivity contribution in [2.75, 3.05) is 13.1 Å². The zero-order valence-electron chi connectivity index (χ0n) is 16.8. The van der Waals surface area contributed by atoms with Gasteiger partial charge in [0.05, 0.1) is 24.3 Å². The van der Waals surface area contributed by atoms with Crippen molar-refractivity contribution < 1.29 is 17.9 Å². The molecule has 4 rings (SSSR count). The van der Waals surface area contributed by atoms with E-state index in [0.717, 1.165) is 0 Å². The van der Waals surface area contributed by atoms with Crippen LogP contribution in [0.15, 0.2) is 78.9 Å². The molecule has 0 aromatic heterocycles. The highest BCUT2D eigenvalue weighted by atomic mass is 19.4. The first-order valence-electron chi connectivity index (χ1n) is 10.0. The highest BCUT2D eigenvalue weighted by Gasteiger charge is 2.36. The molecule has 1 fully saturated rings. The molecule has 3 aromatic carbocycles. The second-order valence-electron chi connectivity index (χ2n) is 7.77. The fourth-order valence-corrected chi connectivity index (χ4v) is 3.96. The predicted molar refractivity (Wildman–Crippen MR) is 111 cm³/mol. The molecule has 0 saturated carbocycles. The molecular formula is C25H24F3NO. The number of ether oxygens (including phenoxy) is 1. The van der Waals surface area contributed by atoms with Crippen LogP contribution in [0.1, 0.15) is 33.9 Å².